The highest BCUT2D eigenvalue weighted by Crippen LogP contribution is 2.18. The molecule has 3 heteroatoms. The third kappa shape index (κ3) is 4.42. The van der Waals surface area contributed by atoms with Crippen LogP contribution >= 0.6 is 0 Å². The van der Waals surface area contributed by atoms with Crippen LogP contribution in [0.3, 0.4) is 0 Å². The number of rotatable bonds is 6. The zero-order chi connectivity index (χ0) is 15.2. The monoisotopic (exact) mass is 284 g/mol. The highest BCUT2D eigenvalue weighted by atomic mass is 16.5. The van der Waals surface area contributed by atoms with Gasteiger partial charge in [0.25, 0.3) is 0 Å². The van der Waals surface area contributed by atoms with Crippen LogP contribution < -0.4 is 15.0 Å². The van der Waals surface area contributed by atoms with Gasteiger partial charge in [0.05, 0.1) is 7.11 Å². The molecule has 2 aromatic carbocycles. The maximum absolute atomic E-state index is 5.18. The van der Waals surface area contributed by atoms with E-state index in [1.165, 1.54) is 11.3 Å². The molecule has 0 bridgehead atoms. The zero-order valence-corrected chi connectivity index (χ0v) is 13.3. The number of nitrogens with one attached hydrogen (secondary N) is 1. The number of anilines is 2. The van der Waals surface area contributed by atoms with E-state index in [0.29, 0.717) is 6.04 Å². The van der Waals surface area contributed by atoms with Gasteiger partial charge >= 0.3 is 0 Å². The summed E-state index contributed by atoms with van der Waals surface area (Å²) in [6.07, 6.45) is 0.986. The summed E-state index contributed by atoms with van der Waals surface area (Å²) in [6.45, 7) is 2.20. The summed E-state index contributed by atoms with van der Waals surface area (Å²) >= 11 is 0. The standard InChI is InChI=1S/C18H24N2O/c1-14(13-15-5-11-18(21-4)12-6-15)19-16-7-9-17(10-8-16)20(2)3/h5-12,14,19H,13H2,1-4H3. The van der Waals surface area contributed by atoms with Gasteiger partial charge in [-0.3, -0.25) is 0 Å². The third-order valence-electron chi connectivity index (χ3n) is 3.50. The lowest BCUT2D eigenvalue weighted by Crippen LogP contribution is -2.18. The molecule has 0 spiro atoms. The first-order valence-electron chi connectivity index (χ1n) is 7.25. The van der Waals surface area contributed by atoms with Gasteiger partial charge in [0.1, 0.15) is 5.75 Å². The Labute approximate surface area is 127 Å². The molecule has 0 saturated carbocycles. The van der Waals surface area contributed by atoms with Gasteiger partial charge in [0.15, 0.2) is 0 Å². The fourth-order valence-electron chi connectivity index (χ4n) is 2.31. The molecule has 3 nitrogen and oxygen atoms in total. The smallest absolute Gasteiger partial charge is 0.118 e. The highest BCUT2D eigenvalue weighted by Gasteiger charge is 2.04. The SMILES string of the molecule is COc1ccc(CC(C)Nc2ccc(N(C)C)cc2)cc1. The Hall–Kier alpha value is -2.16. The van der Waals surface area contributed by atoms with Gasteiger partial charge in [-0.1, -0.05) is 12.1 Å². The summed E-state index contributed by atoms with van der Waals surface area (Å²) in [5.74, 6) is 0.902. The lowest BCUT2D eigenvalue weighted by molar-refractivity contribution is 0.414. The molecule has 112 valence electrons. The van der Waals surface area contributed by atoms with Gasteiger partial charge in [-0.05, 0) is 55.3 Å². The van der Waals surface area contributed by atoms with Crippen molar-refractivity contribution < 1.29 is 4.74 Å². The van der Waals surface area contributed by atoms with Crippen LogP contribution in [-0.4, -0.2) is 27.2 Å². The summed E-state index contributed by atoms with van der Waals surface area (Å²) in [5, 5.41) is 3.54. The second-order valence-corrected chi connectivity index (χ2v) is 5.54. The minimum Gasteiger partial charge on any atom is -0.497 e. The molecule has 0 aliphatic rings. The van der Waals surface area contributed by atoms with E-state index in [0.717, 1.165) is 17.9 Å². The van der Waals surface area contributed by atoms with Gasteiger partial charge in [-0.2, -0.15) is 0 Å². The quantitative estimate of drug-likeness (QED) is 0.873. The van der Waals surface area contributed by atoms with E-state index < -0.39 is 0 Å². The highest BCUT2D eigenvalue weighted by molar-refractivity contribution is 5.54. The predicted molar refractivity (Wildman–Crippen MR) is 90.6 cm³/mol. The van der Waals surface area contributed by atoms with Crippen molar-refractivity contribution >= 4 is 11.4 Å². The van der Waals surface area contributed by atoms with Gasteiger partial charge < -0.3 is 15.0 Å². The molecule has 1 unspecified atom stereocenters. The summed E-state index contributed by atoms with van der Waals surface area (Å²) in [6, 6.07) is 17.1. The van der Waals surface area contributed by atoms with Gasteiger partial charge in [0, 0.05) is 31.5 Å². The fourth-order valence-corrected chi connectivity index (χ4v) is 2.31. The molecular weight excluding hydrogens is 260 g/mol. The number of hydrogen-bond donors (Lipinski definition) is 1. The molecule has 21 heavy (non-hydrogen) atoms. The minimum atomic E-state index is 0.378. The van der Waals surface area contributed by atoms with Crippen LogP contribution in [0, 0.1) is 0 Å². The van der Waals surface area contributed by atoms with Crippen LogP contribution in [0.2, 0.25) is 0 Å². The van der Waals surface area contributed by atoms with Crippen molar-refractivity contribution in [3.63, 3.8) is 0 Å². The van der Waals surface area contributed by atoms with Crippen molar-refractivity contribution in [3.8, 4) is 5.75 Å². The molecule has 2 aromatic rings. The molecule has 2 rings (SSSR count). The maximum Gasteiger partial charge on any atom is 0.118 e. The van der Waals surface area contributed by atoms with E-state index in [1.807, 2.05) is 12.1 Å². The average molecular weight is 284 g/mol. The van der Waals surface area contributed by atoms with Gasteiger partial charge in [-0.15, -0.1) is 0 Å². The van der Waals surface area contributed by atoms with E-state index in [2.05, 4.69) is 67.6 Å². The van der Waals surface area contributed by atoms with E-state index in [-0.39, 0.29) is 0 Å². The second kappa shape index (κ2) is 7.02. The predicted octanol–water partition coefficient (Wildman–Crippen LogP) is 3.80. The molecule has 0 aliphatic heterocycles. The molecule has 0 saturated heterocycles. The van der Waals surface area contributed by atoms with Crippen molar-refractivity contribution in [2.45, 2.75) is 19.4 Å². The largest absolute Gasteiger partial charge is 0.497 e. The van der Waals surface area contributed by atoms with E-state index >= 15 is 0 Å². The van der Waals surface area contributed by atoms with Crippen molar-refractivity contribution in [2.75, 3.05) is 31.4 Å². The van der Waals surface area contributed by atoms with Gasteiger partial charge in [-0.25, -0.2) is 0 Å². The number of benzene rings is 2. The summed E-state index contributed by atoms with van der Waals surface area (Å²) in [7, 11) is 5.79. The first-order chi connectivity index (χ1) is 10.1. The molecule has 0 radical (unpaired) electrons. The Kier molecular flexibility index (Phi) is 5.09. The normalized spacial score (nSPS) is 11.8. The Balaban J connectivity index is 1.92. The summed E-state index contributed by atoms with van der Waals surface area (Å²) in [5.41, 5.74) is 3.67. The topological polar surface area (TPSA) is 24.5 Å². The van der Waals surface area contributed by atoms with Crippen LogP contribution in [0.25, 0.3) is 0 Å². The first kappa shape index (κ1) is 15.2. The Bertz CT molecular complexity index is 546. The van der Waals surface area contributed by atoms with Crippen LogP contribution in [0.4, 0.5) is 11.4 Å². The molecule has 0 aliphatic carbocycles. The zero-order valence-electron chi connectivity index (χ0n) is 13.3. The Morgan fingerprint density at radius 3 is 2.14 bits per heavy atom. The van der Waals surface area contributed by atoms with E-state index in [1.54, 1.807) is 7.11 Å². The fraction of sp³-hybridized carbons (Fsp3) is 0.333. The molecule has 1 N–H and O–H groups in total. The second-order valence-electron chi connectivity index (χ2n) is 5.54. The van der Waals surface area contributed by atoms with Crippen molar-refractivity contribution in [3.05, 3.63) is 54.1 Å². The van der Waals surface area contributed by atoms with Crippen molar-refractivity contribution in [1.29, 1.82) is 0 Å². The van der Waals surface area contributed by atoms with Crippen LogP contribution in [0.1, 0.15) is 12.5 Å². The lowest BCUT2D eigenvalue weighted by atomic mass is 10.1. The lowest BCUT2D eigenvalue weighted by Gasteiger charge is -2.17. The average Bonchev–Trinajstić information content (AvgIpc) is 2.48. The van der Waals surface area contributed by atoms with Crippen LogP contribution in [-0.2, 0) is 6.42 Å². The Morgan fingerprint density at radius 1 is 1.00 bits per heavy atom. The van der Waals surface area contributed by atoms with Crippen LogP contribution in [0.15, 0.2) is 48.5 Å². The minimum absolute atomic E-state index is 0.378. The van der Waals surface area contributed by atoms with Gasteiger partial charge in [0.2, 0.25) is 0 Å². The van der Waals surface area contributed by atoms with E-state index in [9.17, 15) is 0 Å². The molecule has 0 heterocycles. The summed E-state index contributed by atoms with van der Waals surface area (Å²) < 4.78 is 5.18. The van der Waals surface area contributed by atoms with Crippen molar-refractivity contribution in [1.82, 2.24) is 0 Å². The molecule has 0 amide bonds. The molecular formula is C18H24N2O. The molecule has 1 atom stereocenters. The Morgan fingerprint density at radius 2 is 1.62 bits per heavy atom. The van der Waals surface area contributed by atoms with Crippen LogP contribution in [0.5, 0.6) is 5.75 Å². The maximum atomic E-state index is 5.18. The van der Waals surface area contributed by atoms with E-state index in [4.69, 9.17) is 4.74 Å². The van der Waals surface area contributed by atoms with Crippen molar-refractivity contribution in [2.24, 2.45) is 0 Å². The number of nitrogens with zero attached hydrogens (tertiary/aromatic N) is 1. The number of ether oxygens (including phenoxy) is 1. The first-order valence-corrected chi connectivity index (χ1v) is 7.25. The third-order valence-corrected chi connectivity index (χ3v) is 3.50. The summed E-state index contributed by atoms with van der Waals surface area (Å²) in [4.78, 5) is 2.10. The number of hydrogen-bond acceptors (Lipinski definition) is 3. The molecule has 0 fully saturated rings. The number of methoxy groups -OCH3 is 1. The molecule has 0 aromatic heterocycles.